The fourth-order valence-corrected chi connectivity index (χ4v) is 4.56. The third-order valence-electron chi connectivity index (χ3n) is 3.81. The van der Waals surface area contributed by atoms with Gasteiger partial charge in [-0.2, -0.15) is 17.0 Å². The van der Waals surface area contributed by atoms with Crippen LogP contribution in [0.4, 0.5) is 0 Å². The molecule has 6 nitrogen and oxygen atoms in total. The van der Waals surface area contributed by atoms with Gasteiger partial charge in [-0.1, -0.05) is 0 Å². The van der Waals surface area contributed by atoms with E-state index in [9.17, 15) is 8.42 Å². The van der Waals surface area contributed by atoms with Gasteiger partial charge in [-0.3, -0.25) is 0 Å². The molecular formula is C12H25N3O3S. The van der Waals surface area contributed by atoms with Gasteiger partial charge in [-0.15, -0.1) is 0 Å². The second-order valence-electron chi connectivity index (χ2n) is 5.30. The molecule has 2 rings (SSSR count). The van der Waals surface area contributed by atoms with Gasteiger partial charge in [-0.05, 0) is 38.8 Å². The van der Waals surface area contributed by atoms with Gasteiger partial charge in [0.15, 0.2) is 0 Å². The molecule has 0 aromatic heterocycles. The number of ether oxygens (including phenoxy) is 1. The lowest BCUT2D eigenvalue weighted by Crippen LogP contribution is -2.49. The Labute approximate surface area is 116 Å². The van der Waals surface area contributed by atoms with E-state index < -0.39 is 10.2 Å². The Morgan fingerprint density at radius 3 is 2.74 bits per heavy atom. The summed E-state index contributed by atoms with van der Waals surface area (Å²) in [5.74, 6) is 0.428. The molecule has 0 spiro atoms. The first-order valence-corrected chi connectivity index (χ1v) is 8.52. The van der Waals surface area contributed by atoms with Crippen molar-refractivity contribution in [3.8, 4) is 0 Å². The van der Waals surface area contributed by atoms with Crippen LogP contribution in [0, 0.1) is 5.92 Å². The fourth-order valence-electron chi connectivity index (χ4n) is 2.81. The summed E-state index contributed by atoms with van der Waals surface area (Å²) in [6.45, 7) is 4.40. The molecule has 112 valence electrons. The van der Waals surface area contributed by atoms with Crippen molar-refractivity contribution in [1.29, 1.82) is 0 Å². The Kier molecular flexibility index (Phi) is 5.58. The molecule has 2 saturated heterocycles. The number of hydrogen-bond acceptors (Lipinski definition) is 4. The zero-order valence-corrected chi connectivity index (χ0v) is 12.5. The Bertz CT molecular complexity index is 364. The quantitative estimate of drug-likeness (QED) is 0.785. The molecule has 1 N–H and O–H groups in total. The lowest BCUT2D eigenvalue weighted by Gasteiger charge is -2.35. The van der Waals surface area contributed by atoms with Gasteiger partial charge in [0.1, 0.15) is 0 Å². The van der Waals surface area contributed by atoms with Crippen molar-refractivity contribution in [2.75, 3.05) is 53.0 Å². The van der Waals surface area contributed by atoms with E-state index in [0.29, 0.717) is 45.3 Å². The molecule has 2 fully saturated rings. The van der Waals surface area contributed by atoms with E-state index in [1.54, 1.807) is 8.61 Å². The van der Waals surface area contributed by atoms with E-state index in [1.807, 2.05) is 7.05 Å². The molecule has 0 amide bonds. The number of rotatable bonds is 4. The molecule has 1 unspecified atom stereocenters. The first-order chi connectivity index (χ1) is 9.14. The molecule has 2 aliphatic rings. The fraction of sp³-hybridized carbons (Fsp3) is 1.00. The van der Waals surface area contributed by atoms with Gasteiger partial charge in [0.25, 0.3) is 10.2 Å². The monoisotopic (exact) mass is 291 g/mol. The van der Waals surface area contributed by atoms with E-state index in [2.05, 4.69) is 5.32 Å². The van der Waals surface area contributed by atoms with Crippen molar-refractivity contribution in [2.24, 2.45) is 5.92 Å². The summed E-state index contributed by atoms with van der Waals surface area (Å²) in [6.07, 6.45) is 2.85. The Balaban J connectivity index is 2.01. The number of nitrogens with one attached hydrogen (secondary N) is 1. The minimum Gasteiger partial charge on any atom is -0.380 e. The van der Waals surface area contributed by atoms with Crippen LogP contribution >= 0.6 is 0 Å². The average molecular weight is 291 g/mol. The van der Waals surface area contributed by atoms with Gasteiger partial charge >= 0.3 is 0 Å². The number of nitrogens with zero attached hydrogens (tertiary/aromatic N) is 2. The van der Waals surface area contributed by atoms with Crippen LogP contribution in [-0.4, -0.2) is 70.0 Å². The van der Waals surface area contributed by atoms with Crippen molar-refractivity contribution in [1.82, 2.24) is 13.9 Å². The molecule has 7 heteroatoms. The third-order valence-corrected chi connectivity index (χ3v) is 5.81. The minimum atomic E-state index is -3.30. The predicted octanol–water partition coefficient (Wildman–Crippen LogP) is -0.115. The number of piperidine rings is 1. The van der Waals surface area contributed by atoms with Gasteiger partial charge in [0, 0.05) is 32.8 Å². The van der Waals surface area contributed by atoms with Crippen LogP contribution in [0.5, 0.6) is 0 Å². The minimum absolute atomic E-state index is 0.428. The molecular weight excluding hydrogens is 266 g/mol. The maximum atomic E-state index is 12.6. The summed E-state index contributed by atoms with van der Waals surface area (Å²) in [4.78, 5) is 0. The molecule has 2 aliphatic heterocycles. The molecule has 0 radical (unpaired) electrons. The van der Waals surface area contributed by atoms with Crippen LogP contribution in [0.3, 0.4) is 0 Å². The summed E-state index contributed by atoms with van der Waals surface area (Å²) < 4.78 is 33.8. The molecule has 1 atom stereocenters. The van der Waals surface area contributed by atoms with Crippen molar-refractivity contribution >= 4 is 10.2 Å². The smallest absolute Gasteiger partial charge is 0.282 e. The molecule has 2 heterocycles. The highest BCUT2D eigenvalue weighted by Crippen LogP contribution is 2.21. The molecule has 0 saturated carbocycles. The molecule has 0 aliphatic carbocycles. The van der Waals surface area contributed by atoms with Crippen LogP contribution in [0.25, 0.3) is 0 Å². The standard InChI is InChI=1S/C12H25N3O3S/c1-13-10-12-4-2-5-15(11-12)19(16,17)14-6-3-8-18-9-7-14/h12-13H,2-11H2,1H3. The van der Waals surface area contributed by atoms with Gasteiger partial charge < -0.3 is 10.1 Å². The summed E-state index contributed by atoms with van der Waals surface area (Å²) in [5.41, 5.74) is 0. The summed E-state index contributed by atoms with van der Waals surface area (Å²) in [6, 6.07) is 0. The van der Waals surface area contributed by atoms with Crippen LogP contribution in [0.1, 0.15) is 19.3 Å². The largest absolute Gasteiger partial charge is 0.380 e. The number of hydrogen-bond donors (Lipinski definition) is 1. The topological polar surface area (TPSA) is 61.9 Å². The lowest BCUT2D eigenvalue weighted by molar-refractivity contribution is 0.147. The highest BCUT2D eigenvalue weighted by atomic mass is 32.2. The van der Waals surface area contributed by atoms with Gasteiger partial charge in [-0.25, -0.2) is 0 Å². The van der Waals surface area contributed by atoms with Gasteiger partial charge in [0.05, 0.1) is 6.61 Å². The zero-order valence-electron chi connectivity index (χ0n) is 11.7. The van der Waals surface area contributed by atoms with Crippen molar-refractivity contribution in [3.05, 3.63) is 0 Å². The SMILES string of the molecule is CNCC1CCCN(S(=O)(=O)N2CCCOCC2)C1. The summed E-state index contributed by atoms with van der Waals surface area (Å²) in [7, 11) is -1.38. The maximum Gasteiger partial charge on any atom is 0.282 e. The van der Waals surface area contributed by atoms with E-state index in [-0.39, 0.29) is 0 Å². The summed E-state index contributed by atoms with van der Waals surface area (Å²) >= 11 is 0. The lowest BCUT2D eigenvalue weighted by atomic mass is 10.00. The third kappa shape index (κ3) is 3.88. The highest BCUT2D eigenvalue weighted by molar-refractivity contribution is 7.86. The van der Waals surface area contributed by atoms with E-state index >= 15 is 0 Å². The average Bonchev–Trinajstić information content (AvgIpc) is 2.69. The molecule has 0 aromatic carbocycles. The summed E-state index contributed by atoms with van der Waals surface area (Å²) in [5, 5.41) is 3.14. The Morgan fingerprint density at radius 2 is 1.95 bits per heavy atom. The first-order valence-electron chi connectivity index (χ1n) is 7.12. The molecule has 0 bridgehead atoms. The first kappa shape index (κ1) is 15.2. The Morgan fingerprint density at radius 1 is 1.16 bits per heavy atom. The highest BCUT2D eigenvalue weighted by Gasteiger charge is 2.33. The van der Waals surface area contributed by atoms with Crippen molar-refractivity contribution < 1.29 is 13.2 Å². The van der Waals surface area contributed by atoms with Crippen LogP contribution in [-0.2, 0) is 14.9 Å². The maximum absolute atomic E-state index is 12.6. The van der Waals surface area contributed by atoms with Crippen LogP contribution in [0.15, 0.2) is 0 Å². The zero-order chi connectivity index (χ0) is 13.7. The van der Waals surface area contributed by atoms with E-state index in [4.69, 9.17) is 4.74 Å². The second-order valence-corrected chi connectivity index (χ2v) is 7.23. The second kappa shape index (κ2) is 6.99. The van der Waals surface area contributed by atoms with Crippen LogP contribution < -0.4 is 5.32 Å². The van der Waals surface area contributed by atoms with Gasteiger partial charge in [0.2, 0.25) is 0 Å². The van der Waals surface area contributed by atoms with E-state index in [0.717, 1.165) is 25.8 Å². The Hall–Kier alpha value is -0.210. The predicted molar refractivity (Wildman–Crippen MR) is 74.2 cm³/mol. The van der Waals surface area contributed by atoms with E-state index in [1.165, 1.54) is 0 Å². The molecule has 19 heavy (non-hydrogen) atoms. The van der Waals surface area contributed by atoms with Crippen molar-refractivity contribution in [2.45, 2.75) is 19.3 Å². The van der Waals surface area contributed by atoms with Crippen molar-refractivity contribution in [3.63, 3.8) is 0 Å². The molecule has 0 aromatic rings. The van der Waals surface area contributed by atoms with Crippen LogP contribution in [0.2, 0.25) is 0 Å². The normalized spacial score (nSPS) is 28.2.